The summed E-state index contributed by atoms with van der Waals surface area (Å²) >= 11 is 3.54. The summed E-state index contributed by atoms with van der Waals surface area (Å²) in [6.07, 6.45) is 0. The number of anilines is 1. The standard InChI is InChI=1S/C28H32BrN3O5.ClH/c1-17(30-3)26(33)31-25-27(34)32(22-8-6-7-9-24(22)37-28(25,2)16-35-4)15-21-20-12-11-19(29)14-18(20)10-13-23(21)36-5;/h6-14,17,25,30H,15-16H2,1-5H3,(H,31,33);1H/t17-,25?,28?;/m0./s1. The number of halogens is 2. The zero-order valence-corrected chi connectivity index (χ0v) is 24.4. The molecule has 1 heterocycles. The van der Waals surface area contributed by atoms with Crippen LogP contribution in [-0.4, -0.2) is 57.4 Å². The largest absolute Gasteiger partial charge is 0.496 e. The Labute approximate surface area is 237 Å². The fourth-order valence-electron chi connectivity index (χ4n) is 4.65. The number of nitrogens with one attached hydrogen (secondary N) is 2. The van der Waals surface area contributed by atoms with Gasteiger partial charge in [-0.2, -0.15) is 0 Å². The summed E-state index contributed by atoms with van der Waals surface area (Å²) in [4.78, 5) is 29.0. The Kier molecular flexibility index (Phi) is 9.64. The van der Waals surface area contributed by atoms with Crippen molar-refractivity contribution >= 4 is 56.6 Å². The number of amides is 2. The molecule has 204 valence electrons. The highest BCUT2D eigenvalue weighted by atomic mass is 79.9. The summed E-state index contributed by atoms with van der Waals surface area (Å²) in [5, 5.41) is 7.81. The average Bonchev–Trinajstić information content (AvgIpc) is 2.97. The van der Waals surface area contributed by atoms with E-state index in [1.807, 2.05) is 54.6 Å². The van der Waals surface area contributed by atoms with E-state index in [1.54, 1.807) is 40.0 Å². The van der Waals surface area contributed by atoms with Gasteiger partial charge in [-0.05, 0) is 62.0 Å². The van der Waals surface area contributed by atoms with Crippen LogP contribution in [0.4, 0.5) is 5.69 Å². The molecule has 8 nitrogen and oxygen atoms in total. The van der Waals surface area contributed by atoms with Crippen LogP contribution in [0.15, 0.2) is 59.1 Å². The molecule has 1 aliphatic heterocycles. The molecule has 2 N–H and O–H groups in total. The number of fused-ring (bicyclic) bond motifs is 2. The number of likely N-dealkylation sites (N-methyl/N-ethyl adjacent to an activating group) is 1. The van der Waals surface area contributed by atoms with Crippen LogP contribution >= 0.6 is 28.3 Å². The van der Waals surface area contributed by atoms with Crippen molar-refractivity contribution in [3.05, 3.63) is 64.6 Å². The SMILES string of the molecule is CN[C@@H](C)C(=O)NC1C(=O)N(Cc2c(OC)ccc3cc(Br)ccc23)c2ccccc2OC1(C)COC.Cl. The van der Waals surface area contributed by atoms with E-state index in [9.17, 15) is 9.59 Å². The third-order valence-corrected chi connectivity index (χ3v) is 7.25. The molecule has 0 saturated carbocycles. The summed E-state index contributed by atoms with van der Waals surface area (Å²) in [5.74, 6) is 0.563. The van der Waals surface area contributed by atoms with Crippen molar-refractivity contribution in [2.75, 3.05) is 32.8 Å². The Balaban J connectivity index is 0.00000400. The van der Waals surface area contributed by atoms with Gasteiger partial charge in [0.1, 0.15) is 11.5 Å². The third kappa shape index (κ3) is 5.76. The van der Waals surface area contributed by atoms with Crippen LogP contribution in [0.2, 0.25) is 0 Å². The summed E-state index contributed by atoms with van der Waals surface area (Å²) in [6, 6.07) is 15.7. The first-order valence-corrected chi connectivity index (χ1v) is 12.8. The van der Waals surface area contributed by atoms with Crippen molar-refractivity contribution in [3.8, 4) is 11.5 Å². The molecule has 4 rings (SSSR count). The Hall–Kier alpha value is -2.85. The lowest BCUT2D eigenvalue weighted by molar-refractivity contribution is -0.135. The molecule has 0 bridgehead atoms. The van der Waals surface area contributed by atoms with E-state index in [0.29, 0.717) is 17.2 Å². The molecular weight excluding hydrogens is 574 g/mol. The molecule has 0 aromatic heterocycles. The predicted molar refractivity (Wildman–Crippen MR) is 154 cm³/mol. The molecule has 0 fully saturated rings. The first-order chi connectivity index (χ1) is 17.7. The third-order valence-electron chi connectivity index (χ3n) is 6.75. The van der Waals surface area contributed by atoms with Gasteiger partial charge >= 0.3 is 0 Å². The van der Waals surface area contributed by atoms with Gasteiger partial charge in [0.2, 0.25) is 5.91 Å². The molecule has 2 unspecified atom stereocenters. The molecule has 0 spiro atoms. The van der Waals surface area contributed by atoms with Crippen molar-refractivity contribution < 1.29 is 23.8 Å². The summed E-state index contributed by atoms with van der Waals surface area (Å²) < 4.78 is 18.6. The highest BCUT2D eigenvalue weighted by Crippen LogP contribution is 2.40. The Morgan fingerprint density at radius 2 is 1.92 bits per heavy atom. The van der Waals surface area contributed by atoms with Crippen LogP contribution in [0.1, 0.15) is 19.4 Å². The monoisotopic (exact) mass is 605 g/mol. The van der Waals surface area contributed by atoms with E-state index >= 15 is 0 Å². The summed E-state index contributed by atoms with van der Waals surface area (Å²) in [6.45, 7) is 3.81. The molecule has 0 saturated heterocycles. The fourth-order valence-corrected chi connectivity index (χ4v) is 5.02. The smallest absolute Gasteiger partial charge is 0.254 e. The number of para-hydroxylation sites is 2. The van der Waals surface area contributed by atoms with Crippen LogP contribution < -0.4 is 25.0 Å². The molecular formula is C28H33BrClN3O5. The maximum atomic E-state index is 14.3. The number of benzene rings is 3. The molecule has 0 aliphatic carbocycles. The number of rotatable bonds is 8. The minimum Gasteiger partial charge on any atom is -0.496 e. The van der Waals surface area contributed by atoms with E-state index in [4.69, 9.17) is 14.2 Å². The van der Waals surface area contributed by atoms with E-state index in [2.05, 4.69) is 26.6 Å². The van der Waals surface area contributed by atoms with Gasteiger partial charge < -0.3 is 29.7 Å². The quantitative estimate of drug-likeness (QED) is 0.394. The first kappa shape index (κ1) is 29.7. The number of hydrogen-bond donors (Lipinski definition) is 2. The number of carbonyl (C=O) groups excluding carboxylic acids is 2. The van der Waals surface area contributed by atoms with Gasteiger partial charge in [-0.3, -0.25) is 9.59 Å². The van der Waals surface area contributed by atoms with Crippen LogP contribution in [0.25, 0.3) is 10.8 Å². The zero-order valence-electron chi connectivity index (χ0n) is 22.0. The van der Waals surface area contributed by atoms with Crippen LogP contribution in [-0.2, 0) is 20.9 Å². The number of hydrogen-bond acceptors (Lipinski definition) is 6. The van der Waals surface area contributed by atoms with Gasteiger partial charge in [0.05, 0.1) is 32.0 Å². The number of methoxy groups -OCH3 is 2. The average molecular weight is 607 g/mol. The molecule has 38 heavy (non-hydrogen) atoms. The topological polar surface area (TPSA) is 89.1 Å². The van der Waals surface area contributed by atoms with Gasteiger partial charge in [0.25, 0.3) is 5.91 Å². The molecule has 10 heteroatoms. The second-order valence-corrected chi connectivity index (χ2v) is 10.2. The van der Waals surface area contributed by atoms with Crippen molar-refractivity contribution in [2.45, 2.75) is 38.1 Å². The van der Waals surface area contributed by atoms with E-state index < -0.39 is 17.7 Å². The normalized spacial score (nSPS) is 19.6. The highest BCUT2D eigenvalue weighted by molar-refractivity contribution is 9.10. The maximum Gasteiger partial charge on any atom is 0.254 e. The lowest BCUT2D eigenvalue weighted by Gasteiger charge is -2.36. The zero-order chi connectivity index (χ0) is 26.7. The molecule has 0 radical (unpaired) electrons. The fraction of sp³-hybridized carbons (Fsp3) is 0.357. The Morgan fingerprint density at radius 1 is 1.18 bits per heavy atom. The molecule has 3 atom stereocenters. The molecule has 1 aliphatic rings. The molecule has 2 amide bonds. The predicted octanol–water partition coefficient (Wildman–Crippen LogP) is 4.46. The van der Waals surface area contributed by atoms with Crippen molar-refractivity contribution in [1.82, 2.24) is 10.6 Å². The molecule has 3 aromatic carbocycles. The Morgan fingerprint density at radius 3 is 2.61 bits per heavy atom. The van der Waals surface area contributed by atoms with Gasteiger partial charge in [-0.15, -0.1) is 12.4 Å². The van der Waals surface area contributed by atoms with Gasteiger partial charge in [0, 0.05) is 17.1 Å². The first-order valence-electron chi connectivity index (χ1n) is 12.0. The van der Waals surface area contributed by atoms with E-state index in [1.165, 1.54) is 0 Å². The van der Waals surface area contributed by atoms with E-state index in [-0.39, 0.29) is 37.4 Å². The number of ether oxygens (including phenoxy) is 3. The Bertz CT molecular complexity index is 1320. The van der Waals surface area contributed by atoms with Gasteiger partial charge in [0.15, 0.2) is 11.6 Å². The van der Waals surface area contributed by atoms with E-state index in [0.717, 1.165) is 20.8 Å². The highest BCUT2D eigenvalue weighted by Gasteiger charge is 2.48. The second kappa shape index (κ2) is 12.3. The minimum absolute atomic E-state index is 0. The van der Waals surface area contributed by atoms with Gasteiger partial charge in [-0.25, -0.2) is 0 Å². The molecule has 3 aromatic rings. The lowest BCUT2D eigenvalue weighted by atomic mass is 9.94. The van der Waals surface area contributed by atoms with Crippen molar-refractivity contribution in [2.24, 2.45) is 0 Å². The lowest BCUT2D eigenvalue weighted by Crippen LogP contribution is -2.64. The van der Waals surface area contributed by atoms with Crippen LogP contribution in [0.3, 0.4) is 0 Å². The van der Waals surface area contributed by atoms with Gasteiger partial charge in [-0.1, -0.05) is 40.2 Å². The summed E-state index contributed by atoms with van der Waals surface area (Å²) in [5.41, 5.74) is 0.289. The minimum atomic E-state index is -1.16. The number of nitrogens with zero attached hydrogens (tertiary/aromatic N) is 1. The second-order valence-electron chi connectivity index (χ2n) is 9.30. The maximum absolute atomic E-state index is 14.3. The van der Waals surface area contributed by atoms with Crippen molar-refractivity contribution in [1.29, 1.82) is 0 Å². The number of carbonyl (C=O) groups is 2. The van der Waals surface area contributed by atoms with Crippen molar-refractivity contribution in [3.63, 3.8) is 0 Å². The summed E-state index contributed by atoms with van der Waals surface area (Å²) in [7, 11) is 4.85. The van der Waals surface area contributed by atoms with Crippen LogP contribution in [0.5, 0.6) is 11.5 Å². The van der Waals surface area contributed by atoms with Crippen LogP contribution in [0, 0.1) is 0 Å².